The fourth-order valence-electron chi connectivity index (χ4n) is 0.417. The predicted molar refractivity (Wildman–Crippen MR) is 40.6 cm³/mol. The molecule has 0 aromatic carbocycles. The van der Waals surface area contributed by atoms with E-state index in [1.54, 1.807) is 6.08 Å². The lowest BCUT2D eigenvalue weighted by Gasteiger charge is -1.78. The number of aliphatic imine (C=N–C) groups is 2. The summed E-state index contributed by atoms with van der Waals surface area (Å²) in [6, 6.07) is 0. The number of hydrogen-bond acceptors (Lipinski definition) is 2. The quantitative estimate of drug-likeness (QED) is 0.486. The summed E-state index contributed by atoms with van der Waals surface area (Å²) in [5.74, 6) is 0. The lowest BCUT2D eigenvalue weighted by Crippen LogP contribution is -1.86. The normalized spacial score (nSPS) is 18.4. The van der Waals surface area contributed by atoms with Crippen LogP contribution in [0.1, 0.15) is 0 Å². The van der Waals surface area contributed by atoms with Crippen LogP contribution in [0.3, 0.4) is 0 Å². The van der Waals surface area contributed by atoms with Crippen molar-refractivity contribution < 1.29 is 0 Å². The maximum atomic E-state index is 5.52. The molecule has 0 aromatic heterocycles. The summed E-state index contributed by atoms with van der Waals surface area (Å²) in [5.41, 5.74) is 0. The maximum Gasteiger partial charge on any atom is 0.142 e. The molecule has 0 N–H and O–H groups in total. The van der Waals surface area contributed by atoms with Crippen LogP contribution >= 0.6 is 23.2 Å². The summed E-state index contributed by atoms with van der Waals surface area (Å²) in [6.45, 7) is 0.512. The molecule has 0 spiro atoms. The van der Waals surface area contributed by atoms with E-state index in [-0.39, 0.29) is 0 Å². The van der Waals surface area contributed by atoms with Gasteiger partial charge in [0.2, 0.25) is 0 Å². The topological polar surface area (TPSA) is 24.7 Å². The minimum Gasteiger partial charge on any atom is -0.267 e. The van der Waals surface area contributed by atoms with E-state index in [0.29, 0.717) is 16.9 Å². The van der Waals surface area contributed by atoms with Crippen molar-refractivity contribution in [1.29, 1.82) is 0 Å². The van der Waals surface area contributed by atoms with Crippen molar-refractivity contribution in [3.63, 3.8) is 0 Å². The van der Waals surface area contributed by atoms with Crippen LogP contribution in [0, 0.1) is 0 Å². The first-order valence-corrected chi connectivity index (χ1v) is 3.14. The van der Waals surface area contributed by atoms with Gasteiger partial charge in [0.1, 0.15) is 10.3 Å². The Balaban J connectivity index is 2.75. The molecule has 0 unspecified atom stereocenters. The van der Waals surface area contributed by atoms with Gasteiger partial charge >= 0.3 is 0 Å². The molecule has 2 nitrogen and oxygen atoms in total. The van der Waals surface area contributed by atoms with E-state index in [1.807, 2.05) is 0 Å². The second kappa shape index (κ2) is 2.99. The molecule has 0 fully saturated rings. The van der Waals surface area contributed by atoms with Gasteiger partial charge in [-0.25, -0.2) is 4.99 Å². The summed E-state index contributed by atoms with van der Waals surface area (Å²) in [7, 11) is 0. The second-order valence-corrected chi connectivity index (χ2v) is 2.22. The molecule has 0 amide bonds. The zero-order valence-corrected chi connectivity index (χ0v) is 6.02. The van der Waals surface area contributed by atoms with Crippen molar-refractivity contribution in [3.05, 3.63) is 11.2 Å². The molecule has 48 valence electrons. The highest BCUT2D eigenvalue weighted by Crippen LogP contribution is 2.04. The van der Waals surface area contributed by atoms with Gasteiger partial charge in [0.15, 0.2) is 0 Å². The molecule has 1 aliphatic rings. The molecular formula is C5H4Cl2N2. The monoisotopic (exact) mass is 162 g/mol. The first-order chi connectivity index (χ1) is 4.29. The zero-order valence-electron chi connectivity index (χ0n) is 4.51. The van der Waals surface area contributed by atoms with Crippen LogP contribution in [0.5, 0.6) is 0 Å². The van der Waals surface area contributed by atoms with E-state index in [0.717, 1.165) is 0 Å². The van der Waals surface area contributed by atoms with Crippen LogP contribution in [0.15, 0.2) is 21.2 Å². The number of hydrogen-bond donors (Lipinski definition) is 0. The molecule has 1 aliphatic heterocycles. The van der Waals surface area contributed by atoms with Gasteiger partial charge in [-0.05, 0) is 6.08 Å². The molecule has 0 bridgehead atoms. The minimum absolute atomic E-state index is 0.391. The fourth-order valence-corrected chi connectivity index (χ4v) is 0.652. The Labute approximate surface area is 62.9 Å². The van der Waals surface area contributed by atoms with E-state index in [4.69, 9.17) is 23.2 Å². The molecule has 1 rings (SSSR count). The zero-order chi connectivity index (χ0) is 6.69. The largest absolute Gasteiger partial charge is 0.267 e. The van der Waals surface area contributed by atoms with Gasteiger partial charge < -0.3 is 0 Å². The van der Waals surface area contributed by atoms with Gasteiger partial charge in [-0.2, -0.15) is 0 Å². The standard InChI is InChI=1S/C5H4Cl2N2/c6-4-1-2-8-5(7)3-9-4/h1,3H,2H2. The molecule has 9 heavy (non-hydrogen) atoms. The Morgan fingerprint density at radius 2 is 2.22 bits per heavy atom. The van der Waals surface area contributed by atoms with Crippen molar-refractivity contribution in [2.75, 3.05) is 6.54 Å². The Kier molecular flexibility index (Phi) is 2.25. The van der Waals surface area contributed by atoms with E-state index < -0.39 is 0 Å². The molecule has 0 saturated heterocycles. The molecule has 0 atom stereocenters. The first-order valence-electron chi connectivity index (χ1n) is 2.39. The molecule has 0 aliphatic carbocycles. The average molecular weight is 163 g/mol. The van der Waals surface area contributed by atoms with Crippen molar-refractivity contribution in [1.82, 2.24) is 0 Å². The van der Waals surface area contributed by atoms with Crippen LogP contribution < -0.4 is 0 Å². The van der Waals surface area contributed by atoms with E-state index in [1.165, 1.54) is 6.21 Å². The molecule has 0 aromatic rings. The smallest absolute Gasteiger partial charge is 0.142 e. The van der Waals surface area contributed by atoms with E-state index in [9.17, 15) is 0 Å². The van der Waals surface area contributed by atoms with Crippen LogP contribution in [0.2, 0.25) is 0 Å². The SMILES string of the molecule is ClC1=CCN=C(Cl)C=N1. The second-order valence-electron chi connectivity index (χ2n) is 1.45. The van der Waals surface area contributed by atoms with Crippen LogP contribution in [0.25, 0.3) is 0 Å². The van der Waals surface area contributed by atoms with Gasteiger partial charge in [-0.15, -0.1) is 0 Å². The van der Waals surface area contributed by atoms with E-state index >= 15 is 0 Å². The van der Waals surface area contributed by atoms with Gasteiger partial charge in [-0.1, -0.05) is 23.2 Å². The first kappa shape index (κ1) is 6.78. The highest BCUT2D eigenvalue weighted by molar-refractivity contribution is 6.80. The molecule has 0 saturated carbocycles. The Hall–Kier alpha value is -0.340. The summed E-state index contributed by atoms with van der Waals surface area (Å²) < 4.78 is 0. The Bertz CT molecular complexity index is 173. The fraction of sp³-hybridized carbons (Fsp3) is 0.200. The lowest BCUT2D eigenvalue weighted by molar-refractivity contribution is 1.25. The van der Waals surface area contributed by atoms with Crippen molar-refractivity contribution in [3.8, 4) is 0 Å². The van der Waals surface area contributed by atoms with Crippen molar-refractivity contribution in [2.24, 2.45) is 9.98 Å². The highest BCUT2D eigenvalue weighted by atomic mass is 35.5. The third-order valence-corrected chi connectivity index (χ3v) is 1.27. The summed E-state index contributed by atoms with van der Waals surface area (Å²) in [5, 5.41) is 0.830. The molecular weight excluding hydrogens is 159 g/mol. The maximum absolute atomic E-state index is 5.52. The van der Waals surface area contributed by atoms with Crippen molar-refractivity contribution in [2.45, 2.75) is 0 Å². The lowest BCUT2D eigenvalue weighted by atomic mass is 10.6. The van der Waals surface area contributed by atoms with Gasteiger partial charge in [-0.3, -0.25) is 4.99 Å². The average Bonchev–Trinajstić information content (AvgIpc) is 1.97. The molecule has 1 heterocycles. The molecule has 0 radical (unpaired) electrons. The van der Waals surface area contributed by atoms with Gasteiger partial charge in [0.25, 0.3) is 0 Å². The van der Waals surface area contributed by atoms with Crippen LogP contribution in [-0.4, -0.2) is 17.9 Å². The summed E-state index contributed by atoms with van der Waals surface area (Å²) in [6.07, 6.45) is 3.11. The van der Waals surface area contributed by atoms with Gasteiger partial charge in [0, 0.05) is 0 Å². The minimum atomic E-state index is 0.391. The van der Waals surface area contributed by atoms with Gasteiger partial charge in [0.05, 0.1) is 12.8 Å². The number of rotatable bonds is 0. The van der Waals surface area contributed by atoms with Crippen LogP contribution in [-0.2, 0) is 0 Å². The number of halogens is 2. The number of nitrogens with zero attached hydrogens (tertiary/aromatic N) is 2. The Morgan fingerprint density at radius 3 is 3.00 bits per heavy atom. The third kappa shape index (κ3) is 2.16. The summed E-state index contributed by atoms with van der Waals surface area (Å²) in [4.78, 5) is 7.59. The van der Waals surface area contributed by atoms with Crippen LogP contribution in [0.4, 0.5) is 0 Å². The van der Waals surface area contributed by atoms with E-state index in [2.05, 4.69) is 9.98 Å². The summed E-state index contributed by atoms with van der Waals surface area (Å²) >= 11 is 11.0. The highest BCUT2D eigenvalue weighted by Gasteiger charge is 1.93. The predicted octanol–water partition coefficient (Wildman–Crippen LogP) is 1.79. The Morgan fingerprint density at radius 1 is 1.44 bits per heavy atom. The third-order valence-electron chi connectivity index (χ3n) is 0.796. The van der Waals surface area contributed by atoms with Crippen molar-refractivity contribution >= 4 is 34.6 Å². The molecule has 4 heteroatoms.